The van der Waals surface area contributed by atoms with E-state index in [9.17, 15) is 13.2 Å². The molecule has 18 heavy (non-hydrogen) atoms. The minimum atomic E-state index is -3.54. The van der Waals surface area contributed by atoms with Crippen molar-refractivity contribution in [2.24, 2.45) is 0 Å². The van der Waals surface area contributed by atoms with Gasteiger partial charge in [-0.15, -0.1) is 0 Å². The van der Waals surface area contributed by atoms with Gasteiger partial charge in [-0.1, -0.05) is 18.2 Å². The SMILES string of the molecule is CC(C)OC(=O)CCNS(=O)(=O)c1ccccc1. The number of carbonyl (C=O) groups excluding carboxylic acids is 1. The Bertz CT molecular complexity index is 482. The van der Waals surface area contributed by atoms with Crippen molar-refractivity contribution in [1.29, 1.82) is 0 Å². The number of esters is 1. The van der Waals surface area contributed by atoms with Crippen LogP contribution in [-0.2, 0) is 19.6 Å². The van der Waals surface area contributed by atoms with Gasteiger partial charge < -0.3 is 4.74 Å². The molecule has 0 saturated carbocycles. The van der Waals surface area contributed by atoms with Crippen LogP contribution in [0.2, 0.25) is 0 Å². The van der Waals surface area contributed by atoms with Crippen LogP contribution in [0.25, 0.3) is 0 Å². The second kappa shape index (κ2) is 6.51. The van der Waals surface area contributed by atoms with Gasteiger partial charge in [0, 0.05) is 6.54 Å². The Morgan fingerprint density at radius 1 is 1.28 bits per heavy atom. The molecule has 5 nitrogen and oxygen atoms in total. The van der Waals surface area contributed by atoms with E-state index in [4.69, 9.17) is 4.74 Å². The number of benzene rings is 1. The summed E-state index contributed by atoms with van der Waals surface area (Å²) in [4.78, 5) is 11.4. The zero-order valence-electron chi connectivity index (χ0n) is 10.4. The van der Waals surface area contributed by atoms with E-state index in [0.29, 0.717) is 0 Å². The second-order valence-electron chi connectivity index (χ2n) is 4.00. The molecule has 0 heterocycles. The van der Waals surface area contributed by atoms with E-state index >= 15 is 0 Å². The normalized spacial score (nSPS) is 11.5. The van der Waals surface area contributed by atoms with Crippen LogP contribution in [-0.4, -0.2) is 27.0 Å². The van der Waals surface area contributed by atoms with Crippen LogP contribution < -0.4 is 4.72 Å². The lowest BCUT2D eigenvalue weighted by Crippen LogP contribution is -2.27. The van der Waals surface area contributed by atoms with Gasteiger partial charge in [-0.25, -0.2) is 13.1 Å². The van der Waals surface area contributed by atoms with Crippen molar-refractivity contribution in [3.8, 4) is 0 Å². The van der Waals surface area contributed by atoms with E-state index in [0.717, 1.165) is 0 Å². The molecule has 0 bridgehead atoms. The third-order valence-electron chi connectivity index (χ3n) is 2.04. The molecule has 0 aliphatic heterocycles. The molecule has 1 N–H and O–H groups in total. The summed E-state index contributed by atoms with van der Waals surface area (Å²) >= 11 is 0. The lowest BCUT2D eigenvalue weighted by Gasteiger charge is -2.09. The highest BCUT2D eigenvalue weighted by Gasteiger charge is 2.13. The van der Waals surface area contributed by atoms with E-state index in [1.54, 1.807) is 32.0 Å². The molecule has 6 heteroatoms. The highest BCUT2D eigenvalue weighted by atomic mass is 32.2. The van der Waals surface area contributed by atoms with E-state index < -0.39 is 16.0 Å². The first-order valence-electron chi connectivity index (χ1n) is 5.66. The number of hydrogen-bond donors (Lipinski definition) is 1. The van der Waals surface area contributed by atoms with Crippen LogP contribution in [0.15, 0.2) is 35.2 Å². The summed E-state index contributed by atoms with van der Waals surface area (Å²) in [5.41, 5.74) is 0. The highest BCUT2D eigenvalue weighted by Crippen LogP contribution is 2.06. The van der Waals surface area contributed by atoms with Gasteiger partial charge in [-0.3, -0.25) is 4.79 Å². The monoisotopic (exact) mass is 271 g/mol. The molecule has 0 saturated heterocycles. The molecule has 0 aliphatic carbocycles. The maximum Gasteiger partial charge on any atom is 0.307 e. The average molecular weight is 271 g/mol. The van der Waals surface area contributed by atoms with Gasteiger partial charge in [-0.05, 0) is 26.0 Å². The van der Waals surface area contributed by atoms with Crippen LogP contribution in [0.1, 0.15) is 20.3 Å². The number of ether oxygens (including phenoxy) is 1. The van der Waals surface area contributed by atoms with Crippen LogP contribution in [0.5, 0.6) is 0 Å². The van der Waals surface area contributed by atoms with Crippen LogP contribution in [0, 0.1) is 0 Å². The third-order valence-corrected chi connectivity index (χ3v) is 3.52. The summed E-state index contributed by atoms with van der Waals surface area (Å²) in [5.74, 6) is -0.416. The van der Waals surface area contributed by atoms with Gasteiger partial charge in [-0.2, -0.15) is 0 Å². The molecule has 0 atom stereocenters. The first-order valence-corrected chi connectivity index (χ1v) is 7.14. The number of hydrogen-bond acceptors (Lipinski definition) is 4. The summed E-state index contributed by atoms with van der Waals surface area (Å²) in [7, 11) is -3.54. The third kappa shape index (κ3) is 4.85. The van der Waals surface area contributed by atoms with Crippen molar-refractivity contribution in [2.45, 2.75) is 31.3 Å². The molecule has 0 fully saturated rings. The van der Waals surface area contributed by atoms with E-state index in [1.807, 2.05) is 0 Å². The van der Waals surface area contributed by atoms with E-state index in [-0.39, 0.29) is 24.0 Å². The van der Waals surface area contributed by atoms with Gasteiger partial charge in [0.2, 0.25) is 10.0 Å². The lowest BCUT2D eigenvalue weighted by molar-refractivity contribution is -0.147. The molecule has 0 radical (unpaired) electrons. The molecular formula is C12H17NO4S. The zero-order valence-corrected chi connectivity index (χ0v) is 11.2. The maximum atomic E-state index is 11.8. The van der Waals surface area contributed by atoms with Crippen LogP contribution >= 0.6 is 0 Å². The first-order chi connectivity index (χ1) is 8.42. The van der Waals surface area contributed by atoms with Crippen molar-refractivity contribution in [3.05, 3.63) is 30.3 Å². The van der Waals surface area contributed by atoms with Crippen molar-refractivity contribution < 1.29 is 17.9 Å². The van der Waals surface area contributed by atoms with E-state index in [1.165, 1.54) is 12.1 Å². The van der Waals surface area contributed by atoms with Crippen molar-refractivity contribution in [1.82, 2.24) is 4.72 Å². The molecular weight excluding hydrogens is 254 g/mol. The van der Waals surface area contributed by atoms with Gasteiger partial charge in [0.05, 0.1) is 17.4 Å². The Kier molecular flexibility index (Phi) is 5.30. The topological polar surface area (TPSA) is 72.5 Å². The smallest absolute Gasteiger partial charge is 0.307 e. The zero-order chi connectivity index (χ0) is 13.6. The fourth-order valence-corrected chi connectivity index (χ4v) is 2.35. The first kappa shape index (κ1) is 14.7. The van der Waals surface area contributed by atoms with Gasteiger partial charge >= 0.3 is 5.97 Å². The number of sulfonamides is 1. The molecule has 0 amide bonds. The average Bonchev–Trinajstić information content (AvgIpc) is 2.29. The number of carbonyl (C=O) groups is 1. The minimum absolute atomic E-state index is 0.0181. The fourth-order valence-electron chi connectivity index (χ4n) is 1.29. The van der Waals surface area contributed by atoms with Crippen molar-refractivity contribution in [3.63, 3.8) is 0 Å². The number of nitrogens with one attached hydrogen (secondary N) is 1. The molecule has 100 valence electrons. The summed E-state index contributed by atoms with van der Waals surface area (Å²) in [6, 6.07) is 8.01. The Balaban J connectivity index is 2.47. The molecule has 0 aliphatic rings. The Morgan fingerprint density at radius 3 is 2.44 bits per heavy atom. The molecule has 1 aromatic rings. The summed E-state index contributed by atoms with van der Waals surface area (Å²) in [6.07, 6.45) is -0.173. The quantitative estimate of drug-likeness (QED) is 0.792. The molecule has 1 aromatic carbocycles. The van der Waals surface area contributed by atoms with Gasteiger partial charge in [0.1, 0.15) is 0 Å². The Hall–Kier alpha value is -1.40. The van der Waals surface area contributed by atoms with Crippen LogP contribution in [0.4, 0.5) is 0 Å². The highest BCUT2D eigenvalue weighted by molar-refractivity contribution is 7.89. The summed E-state index contributed by atoms with van der Waals surface area (Å²) in [6.45, 7) is 3.51. The number of rotatable bonds is 6. The van der Waals surface area contributed by atoms with Crippen molar-refractivity contribution in [2.75, 3.05) is 6.54 Å². The van der Waals surface area contributed by atoms with Gasteiger partial charge in [0.15, 0.2) is 0 Å². The Morgan fingerprint density at radius 2 is 1.89 bits per heavy atom. The maximum absolute atomic E-state index is 11.8. The fraction of sp³-hybridized carbons (Fsp3) is 0.417. The van der Waals surface area contributed by atoms with Crippen molar-refractivity contribution >= 4 is 16.0 Å². The lowest BCUT2D eigenvalue weighted by atomic mass is 10.4. The molecule has 1 rings (SSSR count). The van der Waals surface area contributed by atoms with Crippen LogP contribution in [0.3, 0.4) is 0 Å². The predicted octanol–water partition coefficient (Wildman–Crippen LogP) is 1.31. The second-order valence-corrected chi connectivity index (χ2v) is 5.77. The van der Waals surface area contributed by atoms with Gasteiger partial charge in [0.25, 0.3) is 0 Å². The molecule has 0 aromatic heterocycles. The standard InChI is InChI=1S/C12H17NO4S/c1-10(2)17-12(14)8-9-13-18(15,16)11-6-4-3-5-7-11/h3-7,10,13H,8-9H2,1-2H3. The van der Waals surface area contributed by atoms with E-state index in [2.05, 4.69) is 4.72 Å². The predicted molar refractivity (Wildman–Crippen MR) is 67.5 cm³/mol. The molecule has 0 spiro atoms. The Labute approximate surface area is 107 Å². The molecule has 0 unspecified atom stereocenters. The largest absolute Gasteiger partial charge is 0.463 e. The summed E-state index contributed by atoms with van der Waals surface area (Å²) < 4.78 is 30.8. The summed E-state index contributed by atoms with van der Waals surface area (Å²) in [5, 5.41) is 0. The minimum Gasteiger partial charge on any atom is -0.463 e.